The molecule has 1 aromatic heterocycles. The first kappa shape index (κ1) is 10.6. The number of hydrogen-bond acceptors (Lipinski definition) is 6. The smallest absolute Gasteiger partial charge is 0.243 e. The fourth-order valence-electron chi connectivity index (χ4n) is 1.81. The van der Waals surface area contributed by atoms with Gasteiger partial charge in [-0.05, 0) is 18.8 Å². The van der Waals surface area contributed by atoms with Crippen LogP contribution in [-0.2, 0) is 4.74 Å². The van der Waals surface area contributed by atoms with Crippen molar-refractivity contribution in [2.24, 2.45) is 11.7 Å². The van der Waals surface area contributed by atoms with Gasteiger partial charge in [-0.3, -0.25) is 0 Å². The Morgan fingerprint density at radius 2 is 2.31 bits per heavy atom. The van der Waals surface area contributed by atoms with E-state index in [4.69, 9.17) is 15.0 Å². The average Bonchev–Trinajstić information content (AvgIpc) is 3.07. The highest BCUT2D eigenvalue weighted by Crippen LogP contribution is 2.39. The van der Waals surface area contributed by atoms with E-state index in [1.165, 1.54) is 12.8 Å². The molecule has 3 rings (SSSR count). The van der Waals surface area contributed by atoms with E-state index in [9.17, 15) is 0 Å². The van der Waals surface area contributed by atoms with Crippen LogP contribution in [0.1, 0.15) is 36.7 Å². The van der Waals surface area contributed by atoms with Gasteiger partial charge in [0.2, 0.25) is 11.7 Å². The molecule has 0 radical (unpaired) electrons. The Bertz CT molecular complexity index is 361. The second-order valence-electron chi connectivity index (χ2n) is 4.29. The van der Waals surface area contributed by atoms with Gasteiger partial charge in [0.1, 0.15) is 6.10 Å². The molecule has 1 aromatic rings. The molecular weight excluding hydrogens is 226 g/mol. The monoisotopic (exact) mass is 241 g/mol. The summed E-state index contributed by atoms with van der Waals surface area (Å²) in [5.74, 6) is 3.70. The fraction of sp³-hybridized carbons (Fsp3) is 0.800. The van der Waals surface area contributed by atoms with Crippen LogP contribution >= 0.6 is 11.8 Å². The van der Waals surface area contributed by atoms with Crippen LogP contribution in [0.5, 0.6) is 0 Å². The summed E-state index contributed by atoms with van der Waals surface area (Å²) >= 11 is 1.86. The van der Waals surface area contributed by atoms with Crippen LogP contribution in [0.4, 0.5) is 0 Å². The van der Waals surface area contributed by atoms with E-state index in [2.05, 4.69) is 10.1 Å². The third kappa shape index (κ3) is 2.09. The van der Waals surface area contributed by atoms with Crippen LogP contribution in [0.3, 0.4) is 0 Å². The molecule has 2 aliphatic rings. The largest absolute Gasteiger partial charge is 0.368 e. The summed E-state index contributed by atoms with van der Waals surface area (Å²) in [7, 11) is 0. The lowest BCUT2D eigenvalue weighted by molar-refractivity contribution is 0.0677. The van der Waals surface area contributed by atoms with Gasteiger partial charge in [0, 0.05) is 11.5 Å². The second kappa shape index (κ2) is 4.35. The highest BCUT2D eigenvalue weighted by Gasteiger charge is 2.34. The topological polar surface area (TPSA) is 74.2 Å². The predicted octanol–water partition coefficient (Wildman–Crippen LogP) is 1.28. The van der Waals surface area contributed by atoms with Gasteiger partial charge in [-0.15, -0.1) is 0 Å². The SMILES string of the molecule is NC(c1nc(C2CSCCO2)no1)C1CC1. The maximum atomic E-state index is 6.00. The minimum absolute atomic E-state index is 0.0253. The normalized spacial score (nSPS) is 27.9. The maximum Gasteiger partial charge on any atom is 0.243 e. The standard InChI is InChI=1S/C10H15N3O2S/c11-8(6-1-2-6)10-12-9(13-15-10)7-5-16-4-3-14-7/h6-8H,1-5,11H2. The van der Waals surface area contributed by atoms with Crippen molar-refractivity contribution in [1.82, 2.24) is 10.1 Å². The summed E-state index contributed by atoms with van der Waals surface area (Å²) in [6, 6.07) is -0.0857. The summed E-state index contributed by atoms with van der Waals surface area (Å²) in [5.41, 5.74) is 6.00. The lowest BCUT2D eigenvalue weighted by Crippen LogP contribution is -2.17. The van der Waals surface area contributed by atoms with Gasteiger partial charge in [-0.2, -0.15) is 16.7 Å². The Morgan fingerprint density at radius 1 is 1.44 bits per heavy atom. The second-order valence-corrected chi connectivity index (χ2v) is 5.44. The summed E-state index contributed by atoms with van der Waals surface area (Å²) in [6.07, 6.45) is 2.33. The molecule has 5 nitrogen and oxygen atoms in total. The molecule has 0 bridgehead atoms. The molecule has 2 N–H and O–H groups in total. The molecule has 0 spiro atoms. The molecule has 2 heterocycles. The number of nitrogens with zero attached hydrogens (tertiary/aromatic N) is 2. The summed E-state index contributed by atoms with van der Waals surface area (Å²) in [5, 5.41) is 3.97. The first-order valence-corrected chi connectivity index (χ1v) is 6.78. The third-order valence-electron chi connectivity index (χ3n) is 2.98. The van der Waals surface area contributed by atoms with E-state index in [0.717, 1.165) is 18.1 Å². The average molecular weight is 241 g/mol. The van der Waals surface area contributed by atoms with Crippen molar-refractivity contribution in [3.63, 3.8) is 0 Å². The quantitative estimate of drug-likeness (QED) is 0.859. The summed E-state index contributed by atoms with van der Waals surface area (Å²) in [6.45, 7) is 0.758. The van der Waals surface area contributed by atoms with Gasteiger partial charge in [0.25, 0.3) is 0 Å². The van der Waals surface area contributed by atoms with Crippen molar-refractivity contribution in [2.75, 3.05) is 18.1 Å². The molecule has 1 saturated heterocycles. The molecule has 1 saturated carbocycles. The van der Waals surface area contributed by atoms with E-state index in [0.29, 0.717) is 17.6 Å². The maximum absolute atomic E-state index is 6.00. The molecule has 1 aliphatic heterocycles. The first-order valence-electron chi connectivity index (χ1n) is 5.63. The Balaban J connectivity index is 1.70. The van der Waals surface area contributed by atoms with E-state index < -0.39 is 0 Å². The van der Waals surface area contributed by atoms with Crippen LogP contribution in [0, 0.1) is 5.92 Å². The minimum Gasteiger partial charge on any atom is -0.368 e. The Morgan fingerprint density at radius 3 is 3.00 bits per heavy atom. The molecule has 0 amide bonds. The predicted molar refractivity (Wildman–Crippen MR) is 60.0 cm³/mol. The number of aromatic nitrogens is 2. The van der Waals surface area contributed by atoms with Crippen molar-refractivity contribution in [3.8, 4) is 0 Å². The Kier molecular flexibility index (Phi) is 2.87. The van der Waals surface area contributed by atoms with E-state index in [1.54, 1.807) is 0 Å². The summed E-state index contributed by atoms with van der Waals surface area (Å²) in [4.78, 5) is 4.35. The molecule has 1 aliphatic carbocycles. The van der Waals surface area contributed by atoms with E-state index in [1.807, 2.05) is 11.8 Å². The number of nitrogens with two attached hydrogens (primary N) is 1. The van der Waals surface area contributed by atoms with Crippen LogP contribution < -0.4 is 5.73 Å². The van der Waals surface area contributed by atoms with E-state index in [-0.39, 0.29) is 12.1 Å². The number of hydrogen-bond donors (Lipinski definition) is 1. The van der Waals surface area contributed by atoms with Crippen LogP contribution in [0.25, 0.3) is 0 Å². The first-order chi connectivity index (χ1) is 7.84. The fourth-order valence-corrected chi connectivity index (χ4v) is 2.65. The molecule has 16 heavy (non-hydrogen) atoms. The van der Waals surface area contributed by atoms with Gasteiger partial charge >= 0.3 is 0 Å². The molecule has 0 aromatic carbocycles. The van der Waals surface area contributed by atoms with Crippen LogP contribution in [0.2, 0.25) is 0 Å². The zero-order valence-corrected chi connectivity index (χ0v) is 9.78. The van der Waals surface area contributed by atoms with Crippen molar-refractivity contribution in [1.29, 1.82) is 0 Å². The lowest BCUT2D eigenvalue weighted by Gasteiger charge is -2.18. The highest BCUT2D eigenvalue weighted by atomic mass is 32.2. The highest BCUT2D eigenvalue weighted by molar-refractivity contribution is 7.99. The molecule has 88 valence electrons. The van der Waals surface area contributed by atoms with Crippen molar-refractivity contribution >= 4 is 11.8 Å². The molecular formula is C10H15N3O2S. The van der Waals surface area contributed by atoms with Gasteiger partial charge < -0.3 is 15.0 Å². The van der Waals surface area contributed by atoms with Crippen molar-refractivity contribution in [2.45, 2.75) is 25.0 Å². The Labute approximate surface area is 98.1 Å². The van der Waals surface area contributed by atoms with Crippen molar-refractivity contribution in [3.05, 3.63) is 11.7 Å². The zero-order valence-electron chi connectivity index (χ0n) is 8.96. The zero-order chi connectivity index (χ0) is 11.0. The third-order valence-corrected chi connectivity index (χ3v) is 3.97. The van der Waals surface area contributed by atoms with Gasteiger partial charge in [0.15, 0.2) is 0 Å². The van der Waals surface area contributed by atoms with Crippen LogP contribution in [-0.4, -0.2) is 28.3 Å². The van der Waals surface area contributed by atoms with Gasteiger partial charge in [-0.1, -0.05) is 5.16 Å². The Hall–Kier alpha value is -0.590. The van der Waals surface area contributed by atoms with Gasteiger partial charge in [-0.25, -0.2) is 0 Å². The number of thioether (sulfide) groups is 1. The van der Waals surface area contributed by atoms with Crippen molar-refractivity contribution < 1.29 is 9.26 Å². The molecule has 2 fully saturated rings. The molecule has 6 heteroatoms. The van der Waals surface area contributed by atoms with Crippen LogP contribution in [0.15, 0.2) is 4.52 Å². The minimum atomic E-state index is -0.0857. The van der Waals surface area contributed by atoms with E-state index >= 15 is 0 Å². The number of ether oxygens (including phenoxy) is 1. The molecule has 2 atom stereocenters. The lowest BCUT2D eigenvalue weighted by atomic mass is 10.2. The molecule has 2 unspecified atom stereocenters. The van der Waals surface area contributed by atoms with Gasteiger partial charge in [0.05, 0.1) is 12.6 Å². The number of rotatable bonds is 3. The summed E-state index contributed by atoms with van der Waals surface area (Å²) < 4.78 is 10.8.